The van der Waals surface area contributed by atoms with E-state index < -0.39 is 0 Å². The van der Waals surface area contributed by atoms with Crippen molar-refractivity contribution < 1.29 is 9.59 Å². The van der Waals surface area contributed by atoms with Gasteiger partial charge in [-0.2, -0.15) is 5.10 Å². The third-order valence-electron chi connectivity index (χ3n) is 3.48. The monoisotopic (exact) mass is 340 g/mol. The van der Waals surface area contributed by atoms with Gasteiger partial charge in [0.15, 0.2) is 5.69 Å². The van der Waals surface area contributed by atoms with Gasteiger partial charge >= 0.3 is 0 Å². The number of anilines is 1. The van der Waals surface area contributed by atoms with E-state index in [0.29, 0.717) is 0 Å². The largest absolute Gasteiger partial charge is 0.342 e. The number of nitrogens with one attached hydrogen (secondary N) is 3. The van der Waals surface area contributed by atoms with E-state index >= 15 is 0 Å². The molecule has 0 spiro atoms. The number of amides is 2. The number of aromatic amines is 1. The number of hydrogen-bond donors (Lipinski definition) is 3. The number of rotatable bonds is 5. The number of para-hydroxylation sites is 2. The van der Waals surface area contributed by atoms with E-state index in [0.717, 1.165) is 21.5 Å². The average molecular weight is 340 g/mol. The lowest BCUT2D eigenvalue weighted by molar-refractivity contribution is -0.115. The van der Waals surface area contributed by atoms with Gasteiger partial charge in [0.2, 0.25) is 5.91 Å². The molecule has 0 saturated heterocycles. The van der Waals surface area contributed by atoms with E-state index in [2.05, 4.69) is 20.8 Å². The van der Waals surface area contributed by atoms with Crippen molar-refractivity contribution in [3.05, 3.63) is 54.2 Å². The first-order valence-electron chi connectivity index (χ1n) is 7.33. The van der Waals surface area contributed by atoms with E-state index in [1.54, 1.807) is 11.8 Å². The molecule has 7 heteroatoms. The van der Waals surface area contributed by atoms with Gasteiger partial charge in [-0.15, -0.1) is 11.8 Å². The average Bonchev–Trinajstić information content (AvgIpc) is 3.04. The molecule has 3 N–H and O–H groups in total. The molecule has 1 aromatic heterocycles. The van der Waals surface area contributed by atoms with Crippen molar-refractivity contribution in [2.24, 2.45) is 0 Å². The number of carbonyl (C=O) groups is 2. The maximum atomic E-state index is 12.2. The van der Waals surface area contributed by atoms with Crippen molar-refractivity contribution >= 4 is 40.2 Å². The van der Waals surface area contributed by atoms with Crippen LogP contribution >= 0.6 is 11.8 Å². The lowest BCUT2D eigenvalue weighted by Gasteiger charge is -2.09. The Labute approximate surface area is 143 Å². The van der Waals surface area contributed by atoms with Crippen LogP contribution in [0.15, 0.2) is 53.4 Å². The molecule has 6 nitrogen and oxygen atoms in total. The molecule has 0 atom stereocenters. The molecule has 0 aliphatic rings. The van der Waals surface area contributed by atoms with Crippen LogP contribution in [0.2, 0.25) is 0 Å². The van der Waals surface area contributed by atoms with Crippen LogP contribution < -0.4 is 10.6 Å². The van der Waals surface area contributed by atoms with E-state index in [9.17, 15) is 9.59 Å². The summed E-state index contributed by atoms with van der Waals surface area (Å²) in [6.45, 7) is -0.122. The first-order valence-corrected chi connectivity index (χ1v) is 8.55. The van der Waals surface area contributed by atoms with Crippen LogP contribution in [0.25, 0.3) is 10.9 Å². The zero-order chi connectivity index (χ0) is 16.9. The molecule has 2 amide bonds. The summed E-state index contributed by atoms with van der Waals surface area (Å²) in [6, 6.07) is 14.9. The summed E-state index contributed by atoms with van der Waals surface area (Å²) in [5.41, 5.74) is 1.79. The predicted octanol–water partition coefficient (Wildman–Crippen LogP) is 2.65. The summed E-state index contributed by atoms with van der Waals surface area (Å²) >= 11 is 1.55. The second-order valence-corrected chi connectivity index (χ2v) is 5.90. The summed E-state index contributed by atoms with van der Waals surface area (Å²) < 4.78 is 0. The molecule has 0 aliphatic heterocycles. The highest BCUT2D eigenvalue weighted by Gasteiger charge is 2.15. The molecule has 1 heterocycles. The molecule has 122 valence electrons. The Morgan fingerprint density at radius 2 is 1.88 bits per heavy atom. The molecule has 0 saturated carbocycles. The van der Waals surface area contributed by atoms with E-state index in [4.69, 9.17) is 0 Å². The zero-order valence-electron chi connectivity index (χ0n) is 13.0. The molecule has 24 heavy (non-hydrogen) atoms. The zero-order valence-corrected chi connectivity index (χ0v) is 13.8. The topological polar surface area (TPSA) is 86.9 Å². The van der Waals surface area contributed by atoms with Gasteiger partial charge in [0.05, 0.1) is 17.7 Å². The molecule has 3 rings (SSSR count). The molecular formula is C17H16N4O2S. The number of hydrogen-bond acceptors (Lipinski definition) is 4. The molecule has 0 fully saturated rings. The normalized spacial score (nSPS) is 10.5. The summed E-state index contributed by atoms with van der Waals surface area (Å²) in [7, 11) is 0. The molecule has 0 bridgehead atoms. The van der Waals surface area contributed by atoms with Crippen molar-refractivity contribution in [2.45, 2.75) is 4.90 Å². The molecular weight excluding hydrogens is 324 g/mol. The Balaban J connectivity index is 1.63. The third kappa shape index (κ3) is 3.41. The third-order valence-corrected chi connectivity index (χ3v) is 4.27. The minimum Gasteiger partial charge on any atom is -0.342 e. The van der Waals surface area contributed by atoms with Crippen LogP contribution in [0, 0.1) is 0 Å². The number of thioether (sulfide) groups is 1. The Kier molecular flexibility index (Phi) is 4.81. The van der Waals surface area contributed by atoms with Crippen LogP contribution in [0.3, 0.4) is 0 Å². The number of fused-ring (bicyclic) bond motifs is 1. The van der Waals surface area contributed by atoms with Crippen molar-refractivity contribution in [3.8, 4) is 0 Å². The van der Waals surface area contributed by atoms with Crippen LogP contribution in [-0.2, 0) is 4.79 Å². The van der Waals surface area contributed by atoms with Gasteiger partial charge in [-0.1, -0.05) is 30.3 Å². The van der Waals surface area contributed by atoms with Gasteiger partial charge < -0.3 is 10.6 Å². The summed E-state index contributed by atoms with van der Waals surface area (Å²) in [6.07, 6.45) is 1.94. The fourth-order valence-electron chi connectivity index (χ4n) is 2.32. The predicted molar refractivity (Wildman–Crippen MR) is 95.3 cm³/mol. The first-order chi connectivity index (χ1) is 11.7. The van der Waals surface area contributed by atoms with Gasteiger partial charge in [-0.05, 0) is 24.5 Å². The van der Waals surface area contributed by atoms with Gasteiger partial charge in [0.1, 0.15) is 0 Å². The van der Waals surface area contributed by atoms with Gasteiger partial charge in [0, 0.05) is 10.3 Å². The molecule has 0 unspecified atom stereocenters. The Morgan fingerprint density at radius 3 is 2.71 bits per heavy atom. The first kappa shape index (κ1) is 16.1. The maximum absolute atomic E-state index is 12.2. The van der Waals surface area contributed by atoms with Crippen LogP contribution in [0.5, 0.6) is 0 Å². The Hall–Kier alpha value is -2.80. The Bertz CT molecular complexity index is 891. The smallest absolute Gasteiger partial charge is 0.272 e. The van der Waals surface area contributed by atoms with Crippen molar-refractivity contribution in [1.29, 1.82) is 0 Å². The molecule has 3 aromatic rings. The van der Waals surface area contributed by atoms with E-state index in [1.165, 1.54) is 0 Å². The second kappa shape index (κ2) is 7.18. The van der Waals surface area contributed by atoms with Crippen LogP contribution in [0.1, 0.15) is 10.5 Å². The van der Waals surface area contributed by atoms with Crippen molar-refractivity contribution in [2.75, 3.05) is 18.1 Å². The minimum atomic E-state index is -0.388. The lowest BCUT2D eigenvalue weighted by atomic mass is 10.2. The number of H-pyrrole nitrogens is 1. The SMILES string of the molecule is CSc1ccccc1NC(=O)CNC(=O)c1n[nH]c2ccccc12. The summed E-state index contributed by atoms with van der Waals surface area (Å²) in [5, 5.41) is 12.9. The summed E-state index contributed by atoms with van der Waals surface area (Å²) in [4.78, 5) is 25.2. The molecule has 0 radical (unpaired) electrons. The van der Waals surface area contributed by atoms with Crippen LogP contribution in [-0.4, -0.2) is 34.8 Å². The highest BCUT2D eigenvalue weighted by atomic mass is 32.2. The van der Waals surface area contributed by atoms with Crippen molar-refractivity contribution in [1.82, 2.24) is 15.5 Å². The van der Waals surface area contributed by atoms with Gasteiger partial charge in [-0.3, -0.25) is 14.7 Å². The number of aromatic nitrogens is 2. The van der Waals surface area contributed by atoms with Gasteiger partial charge in [0.25, 0.3) is 5.91 Å². The van der Waals surface area contributed by atoms with E-state index in [1.807, 2.05) is 54.8 Å². The Morgan fingerprint density at radius 1 is 1.12 bits per heavy atom. The summed E-state index contributed by atoms with van der Waals surface area (Å²) in [5.74, 6) is -0.676. The maximum Gasteiger partial charge on any atom is 0.272 e. The second-order valence-electron chi connectivity index (χ2n) is 5.05. The van der Waals surface area contributed by atoms with Crippen LogP contribution in [0.4, 0.5) is 5.69 Å². The fraction of sp³-hybridized carbons (Fsp3) is 0.118. The standard InChI is InChI=1S/C17H16N4O2S/c1-24-14-9-5-4-8-13(14)19-15(22)10-18-17(23)16-11-6-2-3-7-12(11)20-21-16/h2-9H,10H2,1H3,(H,18,23)(H,19,22)(H,20,21). The quantitative estimate of drug-likeness (QED) is 0.623. The van der Waals surface area contributed by atoms with Gasteiger partial charge in [-0.25, -0.2) is 0 Å². The van der Waals surface area contributed by atoms with E-state index in [-0.39, 0.29) is 24.1 Å². The highest BCUT2D eigenvalue weighted by Crippen LogP contribution is 2.24. The minimum absolute atomic E-state index is 0.122. The molecule has 0 aliphatic carbocycles. The highest BCUT2D eigenvalue weighted by molar-refractivity contribution is 7.98. The number of nitrogens with zero attached hydrogens (tertiary/aromatic N) is 1. The molecule has 2 aromatic carbocycles. The number of benzene rings is 2. The number of carbonyl (C=O) groups excluding carboxylic acids is 2. The lowest BCUT2D eigenvalue weighted by Crippen LogP contribution is -2.33. The fourth-order valence-corrected chi connectivity index (χ4v) is 2.88. The van der Waals surface area contributed by atoms with Crippen molar-refractivity contribution in [3.63, 3.8) is 0 Å².